The highest BCUT2D eigenvalue weighted by Crippen LogP contribution is 2.38. The van der Waals surface area contributed by atoms with Crippen LogP contribution < -0.4 is 11.1 Å². The molecule has 0 bridgehead atoms. The largest absolute Gasteiger partial charge is 0.476 e. The van der Waals surface area contributed by atoms with Gasteiger partial charge in [-0.15, -0.1) is 10.6 Å². The molecular formula is C20H25N4O4S-. The van der Waals surface area contributed by atoms with Gasteiger partial charge in [0.1, 0.15) is 12.7 Å². The number of carbonyl (C=O) groups is 1. The minimum Gasteiger partial charge on any atom is -0.476 e. The fourth-order valence-corrected chi connectivity index (χ4v) is 4.86. The molecule has 8 nitrogen and oxygen atoms in total. The van der Waals surface area contributed by atoms with Gasteiger partial charge >= 0.3 is 6.03 Å². The highest BCUT2D eigenvalue weighted by molar-refractivity contribution is 7.80. The molecule has 1 aliphatic heterocycles. The first-order valence-corrected chi connectivity index (χ1v) is 10.9. The van der Waals surface area contributed by atoms with Gasteiger partial charge < -0.3 is 29.1 Å². The van der Waals surface area contributed by atoms with Crippen molar-refractivity contribution in [3.05, 3.63) is 39.4 Å². The molecule has 1 aromatic rings. The van der Waals surface area contributed by atoms with Crippen LogP contribution in [0.5, 0.6) is 0 Å². The highest BCUT2D eigenvalue weighted by atomic mass is 32.2. The Balaban J connectivity index is 1.55. The first kappa shape index (κ1) is 19.9. The summed E-state index contributed by atoms with van der Waals surface area (Å²) in [7, 11) is -0.444. The summed E-state index contributed by atoms with van der Waals surface area (Å²) in [6.07, 6.45) is 7.10. The number of anilines is 1. The predicted octanol–water partition coefficient (Wildman–Crippen LogP) is 2.59. The summed E-state index contributed by atoms with van der Waals surface area (Å²) in [5.41, 5.74) is 11.5. The Kier molecular flexibility index (Phi) is 5.86. The number of rotatable bonds is 4. The fraction of sp³-hybridized carbons (Fsp3) is 0.500. The van der Waals surface area contributed by atoms with Gasteiger partial charge in [0, 0.05) is 12.8 Å². The Morgan fingerprint density at radius 2 is 2.00 bits per heavy atom. The molecule has 0 unspecified atom stereocenters. The summed E-state index contributed by atoms with van der Waals surface area (Å²) >= 11 is 0. The lowest BCUT2D eigenvalue weighted by Crippen LogP contribution is -2.30. The minimum absolute atomic E-state index is 0.0817. The van der Waals surface area contributed by atoms with Crippen LogP contribution in [0.3, 0.4) is 0 Å². The van der Waals surface area contributed by atoms with Gasteiger partial charge in [0.05, 0.1) is 6.54 Å². The van der Waals surface area contributed by atoms with E-state index in [4.69, 9.17) is 15.2 Å². The molecule has 1 heterocycles. The van der Waals surface area contributed by atoms with E-state index in [0.29, 0.717) is 6.54 Å². The summed E-state index contributed by atoms with van der Waals surface area (Å²) in [5, 5.41) is 2.90. The van der Waals surface area contributed by atoms with Crippen molar-refractivity contribution >= 4 is 28.2 Å². The molecular weight excluding hydrogens is 392 g/mol. The first-order chi connectivity index (χ1) is 14.1. The summed E-state index contributed by atoms with van der Waals surface area (Å²) in [6.45, 7) is 0.646. The molecule has 0 saturated carbocycles. The van der Waals surface area contributed by atoms with Gasteiger partial charge in [-0.2, -0.15) is 0 Å². The van der Waals surface area contributed by atoms with Gasteiger partial charge in [0.2, 0.25) is 0 Å². The quantitative estimate of drug-likeness (QED) is 0.731. The lowest BCUT2D eigenvalue weighted by Gasteiger charge is -2.23. The molecule has 3 aliphatic rings. The van der Waals surface area contributed by atoms with Crippen molar-refractivity contribution in [3.8, 4) is 0 Å². The van der Waals surface area contributed by atoms with Crippen LogP contribution in [0.4, 0.5) is 10.5 Å². The lowest BCUT2D eigenvalue weighted by atomic mass is 9.99. The number of carbonyl (C=O) groups excluding carboxylic acids is 1. The summed E-state index contributed by atoms with van der Waals surface area (Å²) in [4.78, 5) is 16.9. The number of benzene rings is 1. The smallest absolute Gasteiger partial charge is 0.322 e. The Morgan fingerprint density at radius 3 is 2.55 bits per heavy atom. The van der Waals surface area contributed by atoms with E-state index in [-0.39, 0.29) is 23.5 Å². The van der Waals surface area contributed by atoms with Crippen LogP contribution in [0.1, 0.15) is 35.1 Å². The number of aryl methyl sites for hydroxylation is 2. The zero-order valence-corrected chi connectivity index (χ0v) is 17.2. The van der Waals surface area contributed by atoms with Crippen molar-refractivity contribution in [1.82, 2.24) is 0 Å². The van der Waals surface area contributed by atoms with Gasteiger partial charge in [0.25, 0.3) is 0 Å². The monoisotopic (exact) mass is 417 g/mol. The van der Waals surface area contributed by atoms with Crippen LogP contribution in [-0.2, 0) is 50.0 Å². The van der Waals surface area contributed by atoms with Gasteiger partial charge in [0.15, 0.2) is 5.90 Å². The molecule has 3 N–H and O–H groups in total. The maximum Gasteiger partial charge on any atom is 0.322 e. The number of hydrogen-bond acceptors (Lipinski definition) is 7. The van der Waals surface area contributed by atoms with Crippen LogP contribution in [0, 0.1) is 0 Å². The van der Waals surface area contributed by atoms with Gasteiger partial charge in [-0.1, -0.05) is 6.07 Å². The molecule has 4 rings (SSSR count). The number of methoxy groups -OCH3 is 1. The van der Waals surface area contributed by atoms with E-state index in [1.165, 1.54) is 22.3 Å². The number of nitrogens with two attached hydrogens (primary N) is 1. The first-order valence-electron chi connectivity index (χ1n) is 9.84. The molecule has 2 amide bonds. The molecule has 1 aromatic carbocycles. The third kappa shape index (κ3) is 4.02. The molecule has 0 fully saturated rings. The molecule has 156 valence electrons. The van der Waals surface area contributed by atoms with Gasteiger partial charge in [-0.3, -0.25) is 4.99 Å². The van der Waals surface area contributed by atoms with Crippen molar-refractivity contribution in [2.45, 2.75) is 44.6 Å². The zero-order valence-electron chi connectivity index (χ0n) is 16.4. The molecule has 0 radical (unpaired) electrons. The average Bonchev–Trinajstić information content (AvgIpc) is 3.38. The van der Waals surface area contributed by atoms with Crippen molar-refractivity contribution < 1.29 is 18.5 Å². The molecule has 0 spiro atoms. The Hall–Kier alpha value is -2.39. The molecule has 2 aliphatic carbocycles. The van der Waals surface area contributed by atoms with Gasteiger partial charge in [-0.05, 0) is 71.9 Å². The van der Waals surface area contributed by atoms with Gasteiger partial charge in [-0.25, -0.2) is 4.79 Å². The standard InChI is InChI=1S/C20H25N4O4S/c1-27-14-10-22-19(28-11-14)17(9-21)29(26)24-20(25)23-18-15-6-2-4-12(15)8-13-5-3-7-16(13)18/h8-9,14H,2-7,10-11,21H2,1H3,(H,23,25)/q-1/t14-/m0/s1. The van der Waals surface area contributed by atoms with E-state index in [2.05, 4.69) is 20.7 Å². The van der Waals surface area contributed by atoms with E-state index < -0.39 is 16.6 Å². The summed E-state index contributed by atoms with van der Waals surface area (Å²) in [6, 6.07) is 1.64. The zero-order chi connectivity index (χ0) is 20.4. The second-order valence-corrected chi connectivity index (χ2v) is 8.47. The van der Waals surface area contributed by atoms with E-state index >= 15 is 0 Å². The Morgan fingerprint density at radius 1 is 1.31 bits per heavy atom. The van der Waals surface area contributed by atoms with E-state index in [9.17, 15) is 9.00 Å². The average molecular weight is 418 g/mol. The van der Waals surface area contributed by atoms with Crippen LogP contribution in [0.15, 0.2) is 26.5 Å². The number of hydrogen-bond donors (Lipinski definition) is 2. The molecule has 9 heteroatoms. The number of nitrogens with one attached hydrogen (secondary N) is 1. The van der Waals surface area contributed by atoms with Crippen LogP contribution in [0.2, 0.25) is 0 Å². The van der Waals surface area contributed by atoms with E-state index in [1.54, 1.807) is 7.11 Å². The third-order valence-corrected chi connectivity index (χ3v) is 6.62. The second kappa shape index (κ2) is 8.54. The van der Waals surface area contributed by atoms with Crippen LogP contribution >= 0.6 is 0 Å². The third-order valence-electron chi connectivity index (χ3n) is 5.60. The van der Waals surface area contributed by atoms with Crippen LogP contribution in [-0.4, -0.2) is 38.3 Å². The molecule has 1 atom stereocenters. The number of ether oxygens (including phenoxy) is 2. The van der Waals surface area contributed by atoms with Crippen molar-refractivity contribution in [2.24, 2.45) is 15.1 Å². The normalized spacial score (nSPS) is 21.9. The van der Waals surface area contributed by atoms with Crippen molar-refractivity contribution in [2.75, 3.05) is 25.6 Å². The molecule has 0 saturated heterocycles. The fourth-order valence-electron chi connectivity index (χ4n) is 4.17. The molecule has 29 heavy (non-hydrogen) atoms. The molecule has 0 aromatic heterocycles. The summed E-state index contributed by atoms with van der Waals surface area (Å²) < 4.78 is 27.1. The van der Waals surface area contributed by atoms with Crippen molar-refractivity contribution in [1.29, 1.82) is 0 Å². The number of aliphatic imine (C=N–C) groups is 1. The number of amides is 2. The van der Waals surface area contributed by atoms with E-state index in [1.807, 2.05) is 0 Å². The summed E-state index contributed by atoms with van der Waals surface area (Å²) in [5.74, 6) is 0.136. The predicted molar refractivity (Wildman–Crippen MR) is 111 cm³/mol. The number of nitrogens with zero attached hydrogens (tertiary/aromatic N) is 2. The van der Waals surface area contributed by atoms with Crippen LogP contribution in [0.25, 0.3) is 0 Å². The maximum atomic E-state index is 12.6. The van der Waals surface area contributed by atoms with E-state index in [0.717, 1.165) is 50.4 Å². The number of urea groups is 1. The second-order valence-electron chi connectivity index (χ2n) is 7.35. The topological polar surface area (TPSA) is 115 Å². The lowest BCUT2D eigenvalue weighted by molar-refractivity contribution is 0.0508. The number of fused-ring (bicyclic) bond motifs is 2. The Bertz CT molecular complexity index is 947. The minimum atomic E-state index is -2.02. The maximum absolute atomic E-state index is 12.6. The Labute approximate surface area is 171 Å². The highest BCUT2D eigenvalue weighted by Gasteiger charge is 2.24. The van der Waals surface area contributed by atoms with Crippen molar-refractivity contribution in [3.63, 3.8) is 0 Å². The SMILES string of the molecule is CO[C@H]1CN=C(C(=CN)[S-](=O)=NC(=O)Nc2c3c(cc4c2CCC4)CCC3)OC1.